The summed E-state index contributed by atoms with van der Waals surface area (Å²) in [5, 5.41) is 12.5. The molecule has 0 spiro atoms. The van der Waals surface area contributed by atoms with Crippen molar-refractivity contribution in [3.05, 3.63) is 47.9 Å². The van der Waals surface area contributed by atoms with Gasteiger partial charge in [0.15, 0.2) is 5.82 Å². The number of piperidine rings is 1. The molecule has 1 aliphatic carbocycles. The number of ether oxygens (including phenoxy) is 1. The zero-order valence-corrected chi connectivity index (χ0v) is 24.5. The summed E-state index contributed by atoms with van der Waals surface area (Å²) < 4.78 is 23.2. The largest absolute Gasteiger partial charge is 0.508 e. The number of nitrogens with zero attached hydrogens (tertiary/aromatic N) is 5. The van der Waals surface area contributed by atoms with Crippen molar-refractivity contribution in [1.29, 1.82) is 0 Å². The third-order valence-electron chi connectivity index (χ3n) is 10.4. The van der Waals surface area contributed by atoms with Gasteiger partial charge in [0.1, 0.15) is 29.4 Å². The topological polar surface area (TPSA) is 74.6 Å². The zero-order chi connectivity index (χ0) is 29.3. The van der Waals surface area contributed by atoms with E-state index in [0.29, 0.717) is 57.5 Å². The summed E-state index contributed by atoms with van der Waals surface area (Å²) in [6, 6.07) is 8.86. The predicted molar refractivity (Wildman–Crippen MR) is 166 cm³/mol. The molecule has 2 aromatic heterocycles. The minimum Gasteiger partial charge on any atom is -0.508 e. The Morgan fingerprint density at radius 2 is 2.00 bits per heavy atom. The lowest BCUT2D eigenvalue weighted by Crippen LogP contribution is -2.43. The highest BCUT2D eigenvalue weighted by molar-refractivity contribution is 6.02. The van der Waals surface area contributed by atoms with Crippen LogP contribution in [0.3, 0.4) is 0 Å². The molecule has 8 heteroatoms. The van der Waals surface area contributed by atoms with Gasteiger partial charge in [-0.2, -0.15) is 9.97 Å². The second kappa shape index (κ2) is 10.1. The summed E-state index contributed by atoms with van der Waals surface area (Å²) in [6.45, 7) is 6.76. The van der Waals surface area contributed by atoms with Gasteiger partial charge in [0.25, 0.3) is 0 Å². The Labute approximate surface area is 251 Å². The molecule has 2 bridgehead atoms. The van der Waals surface area contributed by atoms with E-state index in [2.05, 4.69) is 27.6 Å². The molecule has 4 aliphatic rings. The van der Waals surface area contributed by atoms with Crippen molar-refractivity contribution in [2.24, 2.45) is 17.8 Å². The molecule has 5 heterocycles. The number of fused-ring (bicyclic) bond motifs is 5. The van der Waals surface area contributed by atoms with Crippen molar-refractivity contribution in [3.63, 3.8) is 0 Å². The van der Waals surface area contributed by atoms with Crippen LogP contribution in [0, 0.1) is 35.9 Å². The molecule has 7 nitrogen and oxygen atoms in total. The number of terminal acetylenes is 1. The fourth-order valence-corrected chi connectivity index (χ4v) is 8.64. The quantitative estimate of drug-likeness (QED) is 0.285. The Kier molecular flexibility index (Phi) is 6.23. The molecular formula is C35H36FN5O2. The summed E-state index contributed by atoms with van der Waals surface area (Å²) in [4.78, 5) is 19.1. The first-order valence-electron chi connectivity index (χ1n) is 15.6. The van der Waals surface area contributed by atoms with Crippen LogP contribution in [0.15, 0.2) is 36.5 Å². The van der Waals surface area contributed by atoms with E-state index < -0.39 is 5.82 Å². The fraction of sp³-hybridized carbons (Fsp3) is 0.457. The summed E-state index contributed by atoms with van der Waals surface area (Å²) in [5.41, 5.74) is 1.31. The molecule has 1 N–H and O–H groups in total. The summed E-state index contributed by atoms with van der Waals surface area (Å²) in [7, 11) is 0. The zero-order valence-electron chi connectivity index (χ0n) is 24.5. The van der Waals surface area contributed by atoms with Crippen molar-refractivity contribution in [2.45, 2.75) is 51.0 Å². The van der Waals surface area contributed by atoms with Crippen molar-refractivity contribution < 1.29 is 14.2 Å². The molecule has 1 saturated carbocycles. The smallest absolute Gasteiger partial charge is 0.319 e. The molecule has 4 atom stereocenters. The minimum absolute atomic E-state index is 0.00379. The van der Waals surface area contributed by atoms with Gasteiger partial charge in [-0.25, -0.2) is 4.39 Å². The van der Waals surface area contributed by atoms with Gasteiger partial charge in [-0.05, 0) is 86.4 Å². The highest BCUT2D eigenvalue weighted by atomic mass is 19.1. The fourth-order valence-electron chi connectivity index (χ4n) is 8.64. The third-order valence-corrected chi connectivity index (χ3v) is 10.4. The molecule has 2 aromatic carbocycles. The Bertz CT molecular complexity index is 1790. The number of hydrogen-bond donors (Lipinski definition) is 1. The van der Waals surface area contributed by atoms with Crippen LogP contribution in [0.4, 0.5) is 10.2 Å². The van der Waals surface area contributed by atoms with Crippen LogP contribution in [0.1, 0.15) is 51.0 Å². The monoisotopic (exact) mass is 577 g/mol. The average molecular weight is 578 g/mol. The Hall–Kier alpha value is -3.96. The maximum atomic E-state index is 16.8. The first-order chi connectivity index (χ1) is 20.9. The van der Waals surface area contributed by atoms with Gasteiger partial charge in [0.2, 0.25) is 0 Å². The molecule has 2 unspecified atom stereocenters. The predicted octanol–water partition coefficient (Wildman–Crippen LogP) is 6.16. The van der Waals surface area contributed by atoms with Gasteiger partial charge in [0.05, 0.1) is 10.9 Å². The maximum absolute atomic E-state index is 16.8. The number of halogens is 1. The minimum atomic E-state index is -0.570. The van der Waals surface area contributed by atoms with Crippen LogP contribution >= 0.6 is 0 Å². The number of aromatic hydroxyl groups is 1. The van der Waals surface area contributed by atoms with E-state index in [1.807, 2.05) is 18.2 Å². The van der Waals surface area contributed by atoms with Crippen molar-refractivity contribution >= 4 is 27.5 Å². The normalized spacial score (nSPS) is 26.7. The van der Waals surface area contributed by atoms with Crippen molar-refractivity contribution in [3.8, 4) is 35.4 Å². The van der Waals surface area contributed by atoms with Crippen molar-refractivity contribution in [2.75, 3.05) is 37.7 Å². The SMILES string of the molecule is C#Cc1cccc2cc(O)cc(-c3ncc4c(N5CC6CCC(C6)C5)nc(OC[C@@]56CCCN5C[C@H](C)C6)nc4c3F)c12. The maximum Gasteiger partial charge on any atom is 0.319 e. The first kappa shape index (κ1) is 26.7. The number of pyridine rings is 1. The van der Waals surface area contributed by atoms with Crippen LogP contribution < -0.4 is 9.64 Å². The molecular weight excluding hydrogens is 541 g/mol. The van der Waals surface area contributed by atoms with Gasteiger partial charge in [-0.15, -0.1) is 6.42 Å². The summed E-state index contributed by atoms with van der Waals surface area (Å²) >= 11 is 0. The van der Waals surface area contributed by atoms with Gasteiger partial charge >= 0.3 is 6.01 Å². The van der Waals surface area contributed by atoms with Gasteiger partial charge < -0.3 is 14.7 Å². The Morgan fingerprint density at radius 1 is 1.16 bits per heavy atom. The number of benzene rings is 2. The number of phenols is 1. The van der Waals surface area contributed by atoms with E-state index in [0.717, 1.165) is 45.4 Å². The lowest BCUT2D eigenvalue weighted by Gasteiger charge is -2.34. The highest BCUT2D eigenvalue weighted by Crippen LogP contribution is 2.44. The first-order valence-corrected chi connectivity index (χ1v) is 15.6. The lowest BCUT2D eigenvalue weighted by atomic mass is 9.92. The second-order valence-corrected chi connectivity index (χ2v) is 13.4. The van der Waals surface area contributed by atoms with E-state index in [4.69, 9.17) is 21.1 Å². The Balaban J connectivity index is 1.27. The third kappa shape index (κ3) is 4.39. The number of rotatable bonds is 5. The van der Waals surface area contributed by atoms with E-state index in [1.54, 1.807) is 12.3 Å². The van der Waals surface area contributed by atoms with Gasteiger partial charge in [-0.3, -0.25) is 9.88 Å². The van der Waals surface area contributed by atoms with Gasteiger partial charge in [0, 0.05) is 42.3 Å². The molecule has 0 radical (unpaired) electrons. The number of anilines is 1. The van der Waals surface area contributed by atoms with Crippen LogP contribution in [0.25, 0.3) is 32.9 Å². The lowest BCUT2D eigenvalue weighted by molar-refractivity contribution is 0.107. The van der Waals surface area contributed by atoms with Gasteiger partial charge in [-0.1, -0.05) is 25.0 Å². The number of hydrogen-bond acceptors (Lipinski definition) is 7. The molecule has 43 heavy (non-hydrogen) atoms. The van der Waals surface area contributed by atoms with E-state index in [1.165, 1.54) is 25.3 Å². The Morgan fingerprint density at radius 3 is 2.81 bits per heavy atom. The molecule has 3 saturated heterocycles. The molecule has 4 aromatic rings. The van der Waals surface area contributed by atoms with E-state index >= 15 is 4.39 Å². The van der Waals surface area contributed by atoms with Crippen molar-refractivity contribution in [1.82, 2.24) is 19.9 Å². The van der Waals surface area contributed by atoms with Crippen LogP contribution in [0.2, 0.25) is 0 Å². The van der Waals surface area contributed by atoms with Crippen LogP contribution in [0.5, 0.6) is 11.8 Å². The standard InChI is InChI=1S/C35H36FN5O2/c1-3-24-6-4-7-25-13-26(42)14-27(29(24)25)31-30(36)32-28(16-37-31)33(40-18-22-8-9-23(12-22)19-40)39-34(38-32)43-20-35-10-5-11-41(35)17-21(2)15-35/h1,4,6-7,13-14,16,21-23,42H,5,8-12,15,17-20H2,2H3/t21-,22?,23?,35+/m1/s1. The average Bonchev–Trinajstić information content (AvgIpc) is 3.65. The van der Waals surface area contributed by atoms with E-state index in [9.17, 15) is 5.11 Å². The van der Waals surface area contributed by atoms with Crippen LogP contribution in [-0.2, 0) is 0 Å². The second-order valence-electron chi connectivity index (χ2n) is 13.4. The summed E-state index contributed by atoms with van der Waals surface area (Å²) in [5.74, 6) is 4.71. The van der Waals surface area contributed by atoms with Crippen LogP contribution in [-0.4, -0.2) is 63.3 Å². The summed E-state index contributed by atoms with van der Waals surface area (Å²) in [6.07, 6.45) is 14.6. The molecule has 0 amide bonds. The highest BCUT2D eigenvalue weighted by Gasteiger charge is 2.48. The number of aromatic nitrogens is 3. The number of phenolic OH excluding ortho intramolecular Hbond substituents is 1. The van der Waals surface area contributed by atoms with E-state index in [-0.39, 0.29) is 28.5 Å². The molecule has 4 fully saturated rings. The molecule has 8 rings (SSSR count). The molecule has 3 aliphatic heterocycles. The molecule has 220 valence electrons.